The fourth-order valence-electron chi connectivity index (χ4n) is 1.55. The van der Waals surface area contributed by atoms with Gasteiger partial charge in [-0.1, -0.05) is 17.7 Å². The lowest BCUT2D eigenvalue weighted by atomic mass is 10.0. The van der Waals surface area contributed by atoms with Crippen LogP contribution in [0.15, 0.2) is 18.2 Å². The van der Waals surface area contributed by atoms with Crippen LogP contribution in [0.3, 0.4) is 0 Å². The molecule has 0 saturated heterocycles. The zero-order valence-corrected chi connectivity index (χ0v) is 7.08. The molecule has 2 heteroatoms. The second kappa shape index (κ2) is 2.79. The Morgan fingerprint density at radius 2 is 2.42 bits per heavy atom. The van der Waals surface area contributed by atoms with Crippen molar-refractivity contribution in [3.8, 4) is 5.75 Å². The number of rotatable bonds is 1. The lowest BCUT2D eigenvalue weighted by Crippen LogP contribution is -2.04. The summed E-state index contributed by atoms with van der Waals surface area (Å²) >= 11 is 0. The highest BCUT2D eigenvalue weighted by atomic mass is 16.5. The van der Waals surface area contributed by atoms with E-state index in [1.54, 1.807) is 0 Å². The Balaban J connectivity index is 2.42. The molecule has 2 rings (SSSR count). The molecule has 64 valence electrons. The van der Waals surface area contributed by atoms with Gasteiger partial charge in [-0.15, -0.1) is 0 Å². The van der Waals surface area contributed by atoms with Gasteiger partial charge >= 0.3 is 0 Å². The maximum atomic E-state index is 9.02. The molecule has 0 spiro atoms. The maximum absolute atomic E-state index is 9.02. The zero-order chi connectivity index (χ0) is 8.55. The summed E-state index contributed by atoms with van der Waals surface area (Å²) in [6, 6.07) is 6.09. The van der Waals surface area contributed by atoms with Gasteiger partial charge in [0.2, 0.25) is 0 Å². The predicted molar refractivity (Wildman–Crippen MR) is 46.5 cm³/mol. The summed E-state index contributed by atoms with van der Waals surface area (Å²) in [5, 5.41) is 9.02. The first-order valence-corrected chi connectivity index (χ1v) is 4.15. The first-order chi connectivity index (χ1) is 5.81. The Bertz CT molecular complexity index is 294. The minimum absolute atomic E-state index is 0.177. The van der Waals surface area contributed by atoms with Gasteiger partial charge in [-0.25, -0.2) is 0 Å². The third kappa shape index (κ3) is 1.08. The van der Waals surface area contributed by atoms with E-state index in [4.69, 9.17) is 9.84 Å². The van der Waals surface area contributed by atoms with E-state index in [0.29, 0.717) is 6.61 Å². The standard InChI is InChI=1S/C10H12O2/c1-7-2-3-10-9(4-7)8(5-11)6-12-10/h2-4,8,11H,5-6H2,1H3. The van der Waals surface area contributed by atoms with Crippen LogP contribution in [0.4, 0.5) is 0 Å². The summed E-state index contributed by atoms with van der Waals surface area (Å²) in [6.07, 6.45) is 0. The SMILES string of the molecule is Cc1ccc2c(c1)C(CO)CO2. The molecule has 1 aromatic rings. The molecule has 12 heavy (non-hydrogen) atoms. The van der Waals surface area contributed by atoms with Gasteiger partial charge in [0, 0.05) is 11.5 Å². The summed E-state index contributed by atoms with van der Waals surface area (Å²) in [6.45, 7) is 2.85. The molecule has 0 saturated carbocycles. The topological polar surface area (TPSA) is 29.5 Å². The summed E-state index contributed by atoms with van der Waals surface area (Å²) in [5.41, 5.74) is 2.37. The number of ether oxygens (including phenoxy) is 1. The van der Waals surface area contributed by atoms with E-state index >= 15 is 0 Å². The van der Waals surface area contributed by atoms with Crippen molar-refractivity contribution in [2.24, 2.45) is 0 Å². The molecule has 1 unspecified atom stereocenters. The number of aryl methyl sites for hydroxylation is 1. The van der Waals surface area contributed by atoms with Gasteiger partial charge in [0.25, 0.3) is 0 Å². The van der Waals surface area contributed by atoms with Crippen LogP contribution in [0.25, 0.3) is 0 Å². The van der Waals surface area contributed by atoms with E-state index in [0.717, 1.165) is 11.3 Å². The normalized spacial score (nSPS) is 20.3. The van der Waals surface area contributed by atoms with Crippen LogP contribution < -0.4 is 4.74 Å². The van der Waals surface area contributed by atoms with Crippen molar-refractivity contribution in [3.63, 3.8) is 0 Å². The van der Waals surface area contributed by atoms with Crippen LogP contribution in [0.5, 0.6) is 5.75 Å². The van der Waals surface area contributed by atoms with Gasteiger partial charge in [0.15, 0.2) is 0 Å². The molecule has 1 atom stereocenters. The number of aliphatic hydroxyl groups excluding tert-OH is 1. The van der Waals surface area contributed by atoms with Crippen molar-refractivity contribution in [1.29, 1.82) is 0 Å². The smallest absolute Gasteiger partial charge is 0.123 e. The largest absolute Gasteiger partial charge is 0.493 e. The molecular formula is C10H12O2. The second-order valence-electron chi connectivity index (χ2n) is 3.23. The van der Waals surface area contributed by atoms with E-state index in [2.05, 4.69) is 6.07 Å². The quantitative estimate of drug-likeness (QED) is 0.681. The summed E-state index contributed by atoms with van der Waals surface area (Å²) in [5.74, 6) is 1.11. The second-order valence-corrected chi connectivity index (χ2v) is 3.23. The minimum atomic E-state index is 0.177. The first-order valence-electron chi connectivity index (χ1n) is 4.15. The third-order valence-electron chi connectivity index (χ3n) is 2.27. The molecule has 1 N–H and O–H groups in total. The van der Waals surface area contributed by atoms with Gasteiger partial charge in [-0.3, -0.25) is 0 Å². The molecular weight excluding hydrogens is 152 g/mol. The average molecular weight is 164 g/mol. The number of aliphatic hydroxyl groups is 1. The highest BCUT2D eigenvalue weighted by Gasteiger charge is 2.22. The Morgan fingerprint density at radius 1 is 1.58 bits per heavy atom. The fraction of sp³-hybridized carbons (Fsp3) is 0.400. The van der Waals surface area contributed by atoms with Crippen LogP contribution in [-0.4, -0.2) is 18.3 Å². The van der Waals surface area contributed by atoms with Crippen molar-refractivity contribution in [3.05, 3.63) is 29.3 Å². The molecule has 2 nitrogen and oxygen atoms in total. The Hall–Kier alpha value is -1.02. The van der Waals surface area contributed by atoms with Crippen molar-refractivity contribution in [1.82, 2.24) is 0 Å². The van der Waals surface area contributed by atoms with E-state index < -0.39 is 0 Å². The van der Waals surface area contributed by atoms with Gasteiger partial charge in [0.1, 0.15) is 5.75 Å². The van der Waals surface area contributed by atoms with Crippen molar-refractivity contribution >= 4 is 0 Å². The van der Waals surface area contributed by atoms with Gasteiger partial charge in [0.05, 0.1) is 13.2 Å². The first kappa shape index (κ1) is 7.62. The van der Waals surface area contributed by atoms with Crippen LogP contribution in [0.1, 0.15) is 17.0 Å². The molecule has 1 aromatic carbocycles. The molecule has 0 radical (unpaired) electrons. The van der Waals surface area contributed by atoms with Crippen LogP contribution in [-0.2, 0) is 0 Å². The van der Waals surface area contributed by atoms with Crippen LogP contribution >= 0.6 is 0 Å². The van der Waals surface area contributed by atoms with Crippen LogP contribution in [0.2, 0.25) is 0 Å². The average Bonchev–Trinajstić information content (AvgIpc) is 2.46. The van der Waals surface area contributed by atoms with Crippen molar-refractivity contribution in [2.75, 3.05) is 13.2 Å². The highest BCUT2D eigenvalue weighted by Crippen LogP contribution is 2.33. The number of hydrogen-bond donors (Lipinski definition) is 1. The van der Waals surface area contributed by atoms with Gasteiger partial charge in [-0.05, 0) is 13.0 Å². The molecule has 0 aliphatic carbocycles. The summed E-state index contributed by atoms with van der Waals surface area (Å²) < 4.78 is 5.40. The lowest BCUT2D eigenvalue weighted by Gasteiger charge is -2.03. The Morgan fingerprint density at radius 3 is 3.17 bits per heavy atom. The number of fused-ring (bicyclic) bond motifs is 1. The van der Waals surface area contributed by atoms with E-state index in [1.807, 2.05) is 19.1 Å². The van der Waals surface area contributed by atoms with Crippen molar-refractivity contribution in [2.45, 2.75) is 12.8 Å². The Kier molecular flexibility index (Phi) is 1.77. The number of benzene rings is 1. The molecule has 0 amide bonds. The predicted octanol–water partition coefficient (Wildman–Crippen LogP) is 1.46. The van der Waals surface area contributed by atoms with E-state index in [1.165, 1.54) is 5.56 Å². The molecule has 1 aliphatic rings. The lowest BCUT2D eigenvalue weighted by molar-refractivity contribution is 0.232. The zero-order valence-electron chi connectivity index (χ0n) is 7.08. The molecule has 0 bridgehead atoms. The molecule has 1 heterocycles. The van der Waals surface area contributed by atoms with E-state index in [-0.39, 0.29) is 12.5 Å². The number of hydrogen-bond acceptors (Lipinski definition) is 2. The van der Waals surface area contributed by atoms with Gasteiger partial charge < -0.3 is 9.84 Å². The Labute approximate surface area is 71.8 Å². The van der Waals surface area contributed by atoms with E-state index in [9.17, 15) is 0 Å². The van der Waals surface area contributed by atoms with Crippen LogP contribution in [0, 0.1) is 6.92 Å². The molecule has 0 fully saturated rings. The third-order valence-corrected chi connectivity index (χ3v) is 2.27. The monoisotopic (exact) mass is 164 g/mol. The highest BCUT2D eigenvalue weighted by molar-refractivity contribution is 5.42. The summed E-state index contributed by atoms with van der Waals surface area (Å²) in [4.78, 5) is 0. The van der Waals surface area contributed by atoms with Gasteiger partial charge in [-0.2, -0.15) is 0 Å². The molecule has 0 aromatic heterocycles. The minimum Gasteiger partial charge on any atom is -0.493 e. The maximum Gasteiger partial charge on any atom is 0.123 e. The molecule has 1 aliphatic heterocycles. The summed E-state index contributed by atoms with van der Waals surface area (Å²) in [7, 11) is 0. The van der Waals surface area contributed by atoms with Crippen molar-refractivity contribution < 1.29 is 9.84 Å². The fourth-order valence-corrected chi connectivity index (χ4v) is 1.55.